The van der Waals surface area contributed by atoms with Gasteiger partial charge in [0.05, 0.1) is 6.61 Å². The first kappa shape index (κ1) is 36.0. The molecule has 11 heteroatoms. The van der Waals surface area contributed by atoms with Crippen molar-refractivity contribution in [3.63, 3.8) is 0 Å². The zero-order valence-corrected chi connectivity index (χ0v) is 24.6. The molecule has 0 aromatic rings. The smallest absolute Gasteiger partial charge is 1.00 e. The summed E-state index contributed by atoms with van der Waals surface area (Å²) < 4.78 is 56.5. The van der Waals surface area contributed by atoms with Crippen LogP contribution in [0.25, 0.3) is 0 Å². The molecular formula is C15H33Na3O6S2. The van der Waals surface area contributed by atoms with Gasteiger partial charge in [0.15, 0.2) is 0 Å². The second kappa shape index (κ2) is 20.8. The van der Waals surface area contributed by atoms with Gasteiger partial charge in [-0.25, -0.2) is 0 Å². The summed E-state index contributed by atoms with van der Waals surface area (Å²) in [6.45, 7) is 5.21. The summed E-state index contributed by atoms with van der Waals surface area (Å²) in [5, 5.41) is 0. The van der Waals surface area contributed by atoms with Crippen LogP contribution in [0.15, 0.2) is 12.7 Å². The number of hydrogen-bond acceptors (Lipinski definition) is 5. The molecule has 6 nitrogen and oxygen atoms in total. The molecule has 0 bridgehead atoms. The van der Waals surface area contributed by atoms with E-state index in [0.717, 1.165) is 19.3 Å². The van der Waals surface area contributed by atoms with Crippen molar-refractivity contribution in [1.82, 2.24) is 0 Å². The second-order valence-electron chi connectivity index (χ2n) is 5.62. The second-order valence-corrected chi connectivity index (χ2v) is 9.18. The molecule has 0 aromatic heterocycles. The van der Waals surface area contributed by atoms with E-state index < -0.39 is 24.8 Å². The summed E-state index contributed by atoms with van der Waals surface area (Å²) in [7, 11) is -9.16. The van der Waals surface area contributed by atoms with Crippen molar-refractivity contribution in [2.75, 3.05) is 6.61 Å². The van der Waals surface area contributed by atoms with E-state index in [2.05, 4.69) is 17.7 Å². The van der Waals surface area contributed by atoms with Gasteiger partial charge in [0.2, 0.25) is 4.58 Å². The Kier molecular flexibility index (Phi) is 28.8. The van der Waals surface area contributed by atoms with Crippen LogP contribution in [0.2, 0.25) is 0 Å². The van der Waals surface area contributed by atoms with E-state index in [1.165, 1.54) is 38.5 Å². The maximum atomic E-state index is 11.6. The summed E-state index contributed by atoms with van der Waals surface area (Å²) in [4.78, 5) is 0. The predicted octanol–water partition coefficient (Wildman–Crippen LogP) is -5.00. The fourth-order valence-corrected chi connectivity index (χ4v) is 4.54. The Labute approximate surface area is 230 Å². The van der Waals surface area contributed by atoms with Crippen LogP contribution in [0.4, 0.5) is 0 Å². The van der Waals surface area contributed by atoms with E-state index in [4.69, 9.17) is 4.55 Å². The minimum absolute atomic E-state index is 0. The molecular weight excluding hydrogens is 409 g/mol. The Bertz CT molecular complexity index is 537. The monoisotopic (exact) mass is 442 g/mol. The Morgan fingerprint density at radius 2 is 1.27 bits per heavy atom. The van der Waals surface area contributed by atoms with Gasteiger partial charge in [-0.2, -0.15) is 16.8 Å². The van der Waals surface area contributed by atoms with Gasteiger partial charge in [-0.05, 0) is 6.42 Å². The molecule has 0 rings (SSSR count). The molecule has 0 aliphatic carbocycles. The predicted molar refractivity (Wildman–Crippen MR) is 95.6 cm³/mol. The Morgan fingerprint density at radius 1 is 0.885 bits per heavy atom. The van der Waals surface area contributed by atoms with E-state index in [-0.39, 0.29) is 99.6 Å². The molecule has 0 spiro atoms. The number of unbranched alkanes of at least 4 members (excludes halogenated alkanes) is 9. The van der Waals surface area contributed by atoms with Crippen LogP contribution in [0.3, 0.4) is 0 Å². The van der Waals surface area contributed by atoms with Crippen LogP contribution in [0.1, 0.15) is 75.4 Å². The van der Waals surface area contributed by atoms with Crippen LogP contribution >= 0.6 is 0 Å². The first-order valence-electron chi connectivity index (χ1n) is 8.22. The van der Waals surface area contributed by atoms with E-state index in [0.29, 0.717) is 12.5 Å². The van der Waals surface area contributed by atoms with Crippen LogP contribution in [-0.4, -0.2) is 32.6 Å². The van der Waals surface area contributed by atoms with E-state index in [1.54, 1.807) is 0 Å². The molecule has 0 heterocycles. The van der Waals surface area contributed by atoms with E-state index in [9.17, 15) is 16.8 Å². The van der Waals surface area contributed by atoms with Gasteiger partial charge in [0.25, 0.3) is 20.2 Å². The maximum absolute atomic E-state index is 11.6. The van der Waals surface area contributed by atoms with Gasteiger partial charge >= 0.3 is 88.7 Å². The first-order valence-corrected chi connectivity index (χ1v) is 11.2. The summed E-state index contributed by atoms with van der Waals surface area (Å²) >= 11 is 0. The molecule has 0 aromatic carbocycles. The Morgan fingerprint density at radius 3 is 1.62 bits per heavy atom. The average molecular weight is 443 g/mol. The molecule has 0 aliphatic rings. The number of hydrogen-bond donors (Lipinski definition) is 1. The third kappa shape index (κ3) is 18.6. The van der Waals surface area contributed by atoms with Crippen LogP contribution < -0.4 is 88.7 Å². The quantitative estimate of drug-likeness (QED) is 0.0897. The first-order chi connectivity index (χ1) is 10.8. The van der Waals surface area contributed by atoms with Gasteiger partial charge in [-0.1, -0.05) is 70.8 Å². The Hall–Kier alpha value is 2.56. The average Bonchev–Trinajstić information content (AvgIpc) is 2.43. The minimum atomic E-state index is -4.77. The zero-order valence-electron chi connectivity index (χ0n) is 19.9. The molecule has 26 heavy (non-hydrogen) atoms. The van der Waals surface area contributed by atoms with Crippen molar-refractivity contribution in [2.45, 2.75) is 75.7 Å². The molecule has 144 valence electrons. The summed E-state index contributed by atoms with van der Waals surface area (Å²) in [5.41, 5.74) is 0. The summed E-state index contributed by atoms with van der Waals surface area (Å²) in [6.07, 6.45) is 11.6. The third-order valence-electron chi connectivity index (χ3n) is 3.52. The molecule has 0 aliphatic heterocycles. The van der Waals surface area contributed by atoms with E-state index in [1.807, 2.05) is 0 Å². The van der Waals surface area contributed by atoms with Gasteiger partial charge in [0, 0.05) is 0 Å². The molecule has 0 saturated heterocycles. The van der Waals surface area contributed by atoms with Crippen molar-refractivity contribution in [2.24, 2.45) is 0 Å². The zero-order chi connectivity index (χ0) is 17.8. The molecule has 0 amide bonds. The summed E-state index contributed by atoms with van der Waals surface area (Å²) in [5.74, 6) is 0. The fraction of sp³-hybridized carbons (Fsp3) is 0.867. The molecule has 1 unspecified atom stereocenters. The van der Waals surface area contributed by atoms with Gasteiger partial charge < -0.3 is 4.28 Å². The largest absolute Gasteiger partial charge is 1.00 e. The van der Waals surface area contributed by atoms with Gasteiger partial charge in [-0.3, -0.25) is 8.74 Å². The minimum Gasteiger partial charge on any atom is -1.00 e. The normalized spacial score (nSPS) is 12.2. The van der Waals surface area contributed by atoms with Crippen molar-refractivity contribution < 1.29 is 119 Å². The van der Waals surface area contributed by atoms with Crippen LogP contribution in [-0.2, 0) is 24.4 Å². The third-order valence-corrected chi connectivity index (χ3v) is 6.99. The number of rotatable bonds is 15. The van der Waals surface area contributed by atoms with Gasteiger partial charge in [0.1, 0.15) is 0 Å². The van der Waals surface area contributed by atoms with Crippen LogP contribution in [0, 0.1) is 0 Å². The van der Waals surface area contributed by atoms with E-state index >= 15 is 0 Å². The Balaban J connectivity index is -0.000000161. The SMILES string of the molecule is C=CC(S(=O)(=O)O)S(=O)(=O)OCCCCCCCCCCCC.[H-].[H-].[H-].[Na+].[Na+].[Na+]. The van der Waals surface area contributed by atoms with Crippen LogP contribution in [0.5, 0.6) is 0 Å². The summed E-state index contributed by atoms with van der Waals surface area (Å²) in [6, 6.07) is 0. The van der Waals surface area contributed by atoms with Crippen molar-refractivity contribution >= 4 is 20.2 Å². The van der Waals surface area contributed by atoms with Crippen molar-refractivity contribution in [3.05, 3.63) is 12.7 Å². The van der Waals surface area contributed by atoms with Crippen molar-refractivity contribution in [1.29, 1.82) is 0 Å². The molecule has 1 N–H and O–H groups in total. The standard InChI is InChI=1S/C15H30O6S2.3Na.3H/c1-3-5-6-7-8-9-10-11-12-13-14-21-23(19,20)15(4-2)22(16,17)18;;;;;;/h4,15H,2-3,5-14H2,1H3,(H,16,17,18);;;;;;/q;3*+1;3*-1. The maximum Gasteiger partial charge on any atom is 1.00 e. The molecule has 0 fully saturated rings. The van der Waals surface area contributed by atoms with Crippen molar-refractivity contribution in [3.8, 4) is 0 Å². The van der Waals surface area contributed by atoms with Gasteiger partial charge in [-0.15, -0.1) is 6.58 Å². The topological polar surface area (TPSA) is 97.7 Å². The fourth-order valence-electron chi connectivity index (χ4n) is 2.22. The molecule has 0 radical (unpaired) electrons. The molecule has 0 saturated carbocycles. The molecule has 1 atom stereocenters.